The number of nitrogens with one attached hydrogen (secondary N) is 2. The number of carboxylic acids is 2. The van der Waals surface area contributed by atoms with Crippen LogP contribution in [-0.4, -0.2) is 48.4 Å². The average molecular weight is 334 g/mol. The van der Waals surface area contributed by atoms with Gasteiger partial charge in [-0.3, -0.25) is 0 Å². The Morgan fingerprint density at radius 1 is 1.12 bits per heavy atom. The Balaban J connectivity index is 0.000000224. The van der Waals surface area contributed by atoms with E-state index in [9.17, 15) is 9.59 Å². The van der Waals surface area contributed by atoms with E-state index in [2.05, 4.69) is 23.6 Å². The van der Waals surface area contributed by atoms with E-state index < -0.39 is 11.9 Å². The predicted molar refractivity (Wildman–Crippen MR) is 89.9 cm³/mol. The van der Waals surface area contributed by atoms with Crippen LogP contribution in [0.25, 0.3) is 0 Å². The van der Waals surface area contributed by atoms with Crippen LogP contribution in [-0.2, 0) is 22.4 Å². The van der Waals surface area contributed by atoms with Gasteiger partial charge in [-0.15, -0.1) is 0 Å². The van der Waals surface area contributed by atoms with Crippen LogP contribution in [0.2, 0.25) is 0 Å². The van der Waals surface area contributed by atoms with Gasteiger partial charge in [-0.2, -0.15) is 0 Å². The lowest BCUT2D eigenvalue weighted by atomic mass is 9.95. The lowest BCUT2D eigenvalue weighted by molar-refractivity contribution is -0.134. The minimum atomic E-state index is -1.26. The third-order valence-electron chi connectivity index (χ3n) is 3.90. The molecule has 0 unspecified atom stereocenters. The highest BCUT2D eigenvalue weighted by Gasteiger charge is 2.19. The van der Waals surface area contributed by atoms with Crippen LogP contribution in [0.4, 0.5) is 5.69 Å². The van der Waals surface area contributed by atoms with E-state index >= 15 is 0 Å². The average Bonchev–Trinajstić information content (AvgIpc) is 2.79. The van der Waals surface area contributed by atoms with Crippen LogP contribution >= 0.6 is 0 Å². The molecule has 0 saturated carbocycles. The highest BCUT2D eigenvalue weighted by Crippen LogP contribution is 2.36. The topological polar surface area (TPSA) is 108 Å². The zero-order valence-electron chi connectivity index (χ0n) is 13.6. The molecule has 130 valence electrons. The number of carbonyl (C=O) groups is 2. The molecule has 0 fully saturated rings. The van der Waals surface area contributed by atoms with E-state index in [1.807, 2.05) is 0 Å². The Labute approximate surface area is 140 Å². The van der Waals surface area contributed by atoms with Gasteiger partial charge >= 0.3 is 11.9 Å². The van der Waals surface area contributed by atoms with Crippen LogP contribution in [0.5, 0.6) is 5.75 Å². The van der Waals surface area contributed by atoms with Crippen LogP contribution in [0.15, 0.2) is 18.2 Å². The maximum absolute atomic E-state index is 9.55. The number of carboxylic acid groups (broad SMARTS) is 2. The van der Waals surface area contributed by atoms with Crippen molar-refractivity contribution in [1.29, 1.82) is 0 Å². The molecule has 0 atom stereocenters. The van der Waals surface area contributed by atoms with E-state index in [-0.39, 0.29) is 0 Å². The molecular weight excluding hydrogens is 312 g/mol. The summed E-state index contributed by atoms with van der Waals surface area (Å²) in [6, 6.07) is 2.28. The van der Waals surface area contributed by atoms with Gasteiger partial charge in [0.25, 0.3) is 0 Å². The first-order valence-corrected chi connectivity index (χ1v) is 7.85. The van der Waals surface area contributed by atoms with E-state index in [4.69, 9.17) is 14.9 Å². The van der Waals surface area contributed by atoms with Crippen molar-refractivity contribution in [2.45, 2.75) is 19.8 Å². The first kappa shape index (κ1) is 17.8. The standard InChI is InChI=1S/C13H18N2O.C4H4O4/c1-9-11-3-5-14-4-2-10(11)8-12-13(9)16-7-6-15-12;5-3(6)1-2-4(7)8/h8,14-15H,2-7H2,1H3;1-2H,(H,5,6)(H,7,8)/b;2-1+. The Kier molecular flexibility index (Phi) is 6.20. The number of hydrogen-bond acceptors (Lipinski definition) is 5. The summed E-state index contributed by atoms with van der Waals surface area (Å²) >= 11 is 0. The highest BCUT2D eigenvalue weighted by molar-refractivity contribution is 5.89. The molecule has 0 radical (unpaired) electrons. The van der Waals surface area contributed by atoms with E-state index in [0.717, 1.165) is 44.8 Å². The summed E-state index contributed by atoms with van der Waals surface area (Å²) in [6.45, 7) is 6.07. The smallest absolute Gasteiger partial charge is 0.328 e. The normalized spacial score (nSPS) is 15.7. The molecule has 3 rings (SSSR count). The van der Waals surface area contributed by atoms with Crippen LogP contribution in [0.3, 0.4) is 0 Å². The molecule has 0 saturated heterocycles. The monoisotopic (exact) mass is 334 g/mol. The maximum atomic E-state index is 9.55. The zero-order chi connectivity index (χ0) is 17.5. The van der Waals surface area contributed by atoms with Crippen molar-refractivity contribution in [3.8, 4) is 5.75 Å². The fourth-order valence-electron chi connectivity index (χ4n) is 2.84. The molecule has 0 spiro atoms. The van der Waals surface area contributed by atoms with Crippen molar-refractivity contribution in [3.63, 3.8) is 0 Å². The minimum Gasteiger partial charge on any atom is -0.489 e. The second-order valence-corrected chi connectivity index (χ2v) is 5.55. The summed E-state index contributed by atoms with van der Waals surface area (Å²) in [5.74, 6) is -1.44. The SMILES string of the molecule is Cc1c2c(cc3c1OCCN3)CCNCC2.O=C(O)/C=C/C(=O)O. The number of hydrogen-bond donors (Lipinski definition) is 4. The lowest BCUT2D eigenvalue weighted by Crippen LogP contribution is -2.20. The minimum absolute atomic E-state index is 0.558. The van der Waals surface area contributed by atoms with Crippen molar-refractivity contribution in [2.24, 2.45) is 0 Å². The van der Waals surface area contributed by atoms with Crippen molar-refractivity contribution >= 4 is 17.6 Å². The number of benzene rings is 1. The van der Waals surface area contributed by atoms with Gasteiger partial charge in [0.1, 0.15) is 12.4 Å². The Bertz CT molecular complexity index is 639. The van der Waals surface area contributed by atoms with Gasteiger partial charge < -0.3 is 25.6 Å². The molecule has 2 aliphatic rings. The lowest BCUT2D eigenvalue weighted by Gasteiger charge is -2.24. The molecule has 1 aromatic carbocycles. The van der Waals surface area contributed by atoms with Crippen molar-refractivity contribution in [2.75, 3.05) is 31.6 Å². The van der Waals surface area contributed by atoms with Crippen molar-refractivity contribution in [1.82, 2.24) is 5.32 Å². The fraction of sp³-hybridized carbons (Fsp3) is 0.412. The summed E-state index contributed by atoms with van der Waals surface area (Å²) in [5, 5.41) is 22.5. The van der Waals surface area contributed by atoms with Crippen LogP contribution < -0.4 is 15.4 Å². The molecule has 2 aliphatic heterocycles. The fourth-order valence-corrected chi connectivity index (χ4v) is 2.84. The summed E-state index contributed by atoms with van der Waals surface area (Å²) in [5.41, 5.74) is 5.50. The summed E-state index contributed by atoms with van der Waals surface area (Å²) in [6.07, 6.45) is 3.37. The zero-order valence-corrected chi connectivity index (χ0v) is 13.6. The first-order chi connectivity index (χ1) is 11.5. The van der Waals surface area contributed by atoms with Gasteiger partial charge in [-0.05, 0) is 55.6 Å². The number of ether oxygens (including phenoxy) is 1. The third-order valence-corrected chi connectivity index (χ3v) is 3.90. The quantitative estimate of drug-likeness (QED) is 0.602. The van der Waals surface area contributed by atoms with E-state index in [1.54, 1.807) is 0 Å². The molecule has 0 bridgehead atoms. The first-order valence-electron chi connectivity index (χ1n) is 7.85. The highest BCUT2D eigenvalue weighted by atomic mass is 16.5. The van der Waals surface area contributed by atoms with E-state index in [1.165, 1.54) is 22.4 Å². The van der Waals surface area contributed by atoms with Gasteiger partial charge in [0.15, 0.2) is 0 Å². The Hall–Kier alpha value is -2.54. The van der Waals surface area contributed by atoms with Gasteiger partial charge in [0.2, 0.25) is 0 Å². The van der Waals surface area contributed by atoms with Crippen LogP contribution in [0, 0.1) is 6.92 Å². The largest absolute Gasteiger partial charge is 0.489 e. The van der Waals surface area contributed by atoms with Gasteiger partial charge in [0, 0.05) is 18.7 Å². The summed E-state index contributed by atoms with van der Waals surface area (Å²) < 4.78 is 5.78. The van der Waals surface area contributed by atoms with Crippen molar-refractivity contribution in [3.05, 3.63) is 34.9 Å². The van der Waals surface area contributed by atoms with Gasteiger partial charge in [0.05, 0.1) is 5.69 Å². The van der Waals surface area contributed by atoms with Crippen LogP contribution in [0.1, 0.15) is 16.7 Å². The van der Waals surface area contributed by atoms with Gasteiger partial charge in [-0.1, -0.05) is 0 Å². The molecule has 4 N–H and O–H groups in total. The Morgan fingerprint density at radius 3 is 2.46 bits per heavy atom. The summed E-state index contributed by atoms with van der Waals surface area (Å²) in [4.78, 5) is 19.1. The number of rotatable bonds is 2. The molecular formula is C17H22N2O5. The molecule has 0 amide bonds. The number of fused-ring (bicyclic) bond motifs is 2. The molecule has 2 heterocycles. The predicted octanol–water partition coefficient (Wildman–Crippen LogP) is 1.20. The third kappa shape index (κ3) is 4.73. The molecule has 24 heavy (non-hydrogen) atoms. The molecule has 7 nitrogen and oxygen atoms in total. The second kappa shape index (κ2) is 8.35. The molecule has 7 heteroatoms. The van der Waals surface area contributed by atoms with Gasteiger partial charge in [-0.25, -0.2) is 9.59 Å². The summed E-state index contributed by atoms with van der Waals surface area (Å²) in [7, 11) is 0. The number of aliphatic carboxylic acids is 2. The van der Waals surface area contributed by atoms with Crippen molar-refractivity contribution < 1.29 is 24.5 Å². The van der Waals surface area contributed by atoms with E-state index in [0.29, 0.717) is 12.2 Å². The molecule has 0 aromatic heterocycles. The molecule has 0 aliphatic carbocycles. The Morgan fingerprint density at radius 2 is 1.79 bits per heavy atom. The maximum Gasteiger partial charge on any atom is 0.328 e. The second-order valence-electron chi connectivity index (χ2n) is 5.55. The molecule has 1 aromatic rings. The number of anilines is 1.